The molecule has 2 rings (SSSR count). The van der Waals surface area contributed by atoms with Gasteiger partial charge in [-0.2, -0.15) is 0 Å². The summed E-state index contributed by atoms with van der Waals surface area (Å²) in [6.07, 6.45) is -5.01. The molecule has 0 bridgehead atoms. The van der Waals surface area contributed by atoms with Gasteiger partial charge >= 0.3 is 0 Å². The predicted molar refractivity (Wildman–Crippen MR) is 78.2 cm³/mol. The van der Waals surface area contributed by atoms with Crippen LogP contribution in [0.2, 0.25) is 0 Å². The Bertz CT molecular complexity index is 510. The van der Waals surface area contributed by atoms with Crippen LogP contribution in [0.25, 0.3) is 0 Å². The fourth-order valence-electron chi connectivity index (χ4n) is 2.10. The molecule has 1 heterocycles. The van der Waals surface area contributed by atoms with Gasteiger partial charge in [0.25, 0.3) is 5.69 Å². The number of aliphatic hydroxyl groups is 4. The van der Waals surface area contributed by atoms with E-state index in [1.807, 2.05) is 0 Å². The van der Waals surface area contributed by atoms with E-state index in [1.165, 1.54) is 23.9 Å². The molecule has 0 amide bonds. The predicted octanol–water partition coefficient (Wildman–Crippen LogP) is -0.372. The van der Waals surface area contributed by atoms with E-state index in [-0.39, 0.29) is 5.69 Å². The zero-order valence-electron chi connectivity index (χ0n) is 11.5. The molecule has 0 spiro atoms. The second kappa shape index (κ2) is 7.36. The topological polar surface area (TPSA) is 133 Å². The van der Waals surface area contributed by atoms with E-state index in [9.17, 15) is 25.4 Å². The molecule has 22 heavy (non-hydrogen) atoms. The zero-order chi connectivity index (χ0) is 16.3. The lowest BCUT2D eigenvalue weighted by Crippen LogP contribution is -2.57. The van der Waals surface area contributed by atoms with Crippen molar-refractivity contribution in [3.8, 4) is 0 Å². The summed E-state index contributed by atoms with van der Waals surface area (Å²) in [7, 11) is 0. The van der Waals surface area contributed by atoms with Crippen molar-refractivity contribution in [1.29, 1.82) is 0 Å². The fraction of sp³-hybridized carbons (Fsp3) is 0.538. The minimum absolute atomic E-state index is 0.0124. The number of aliphatic hydroxyl groups excluding tert-OH is 4. The molecule has 8 nitrogen and oxygen atoms in total. The van der Waals surface area contributed by atoms with Gasteiger partial charge in [-0.25, -0.2) is 0 Å². The van der Waals surface area contributed by atoms with Crippen LogP contribution in [0.15, 0.2) is 24.3 Å². The number of nitro benzene ring substituents is 1. The summed E-state index contributed by atoms with van der Waals surface area (Å²) >= 11 is 1.17. The van der Waals surface area contributed by atoms with Crippen molar-refractivity contribution in [2.75, 3.05) is 6.61 Å². The largest absolute Gasteiger partial charge is 0.394 e. The number of hydrogen-bond donors (Lipinski definition) is 4. The number of non-ortho nitro benzene ring substituents is 1. The molecule has 0 radical (unpaired) electrons. The van der Waals surface area contributed by atoms with Crippen LogP contribution in [0.3, 0.4) is 0 Å². The van der Waals surface area contributed by atoms with E-state index < -0.39 is 41.4 Å². The number of nitro groups is 1. The van der Waals surface area contributed by atoms with Crippen LogP contribution in [0.4, 0.5) is 5.69 Å². The molecule has 1 saturated heterocycles. The van der Waals surface area contributed by atoms with Gasteiger partial charge in [0.2, 0.25) is 0 Å². The van der Waals surface area contributed by atoms with Gasteiger partial charge in [0.05, 0.1) is 11.5 Å². The first-order valence-corrected chi connectivity index (χ1v) is 7.64. The maximum Gasteiger partial charge on any atom is 0.269 e. The highest BCUT2D eigenvalue weighted by Gasteiger charge is 2.43. The summed E-state index contributed by atoms with van der Waals surface area (Å²) in [5.41, 5.74) is -0.0418. The average Bonchev–Trinajstić information content (AvgIpc) is 2.52. The second-order valence-corrected chi connectivity index (χ2v) is 6.02. The number of rotatable bonds is 5. The van der Waals surface area contributed by atoms with E-state index in [2.05, 4.69) is 0 Å². The van der Waals surface area contributed by atoms with Crippen molar-refractivity contribution in [1.82, 2.24) is 0 Å². The van der Waals surface area contributed by atoms with Crippen molar-refractivity contribution in [3.05, 3.63) is 39.9 Å². The molecule has 0 saturated carbocycles. The molecule has 122 valence electrons. The maximum absolute atomic E-state index is 10.6. The highest BCUT2D eigenvalue weighted by Crippen LogP contribution is 2.30. The normalized spacial score (nSPS) is 31.9. The average molecular weight is 331 g/mol. The molecule has 5 atom stereocenters. The van der Waals surface area contributed by atoms with E-state index >= 15 is 0 Å². The molecule has 1 aliphatic heterocycles. The molecule has 9 heteroatoms. The number of thioether (sulfide) groups is 1. The smallest absolute Gasteiger partial charge is 0.269 e. The Morgan fingerprint density at radius 3 is 2.32 bits per heavy atom. The molecule has 4 N–H and O–H groups in total. The number of nitrogens with zero attached hydrogens (tertiary/aromatic N) is 1. The van der Waals surface area contributed by atoms with Crippen molar-refractivity contribution >= 4 is 17.4 Å². The Morgan fingerprint density at radius 2 is 1.77 bits per heavy atom. The van der Waals surface area contributed by atoms with Gasteiger partial charge in [0.1, 0.15) is 29.9 Å². The van der Waals surface area contributed by atoms with Crippen molar-refractivity contribution in [2.24, 2.45) is 0 Å². The first kappa shape index (κ1) is 17.1. The molecule has 1 aromatic carbocycles. The minimum atomic E-state index is -1.40. The summed E-state index contributed by atoms with van der Waals surface area (Å²) in [5, 5.41) is 48.9. The molecule has 0 aliphatic carbocycles. The van der Waals surface area contributed by atoms with Crippen molar-refractivity contribution < 1.29 is 30.1 Å². The molecule has 1 fully saturated rings. The van der Waals surface area contributed by atoms with Crippen LogP contribution in [-0.2, 0) is 10.5 Å². The highest BCUT2D eigenvalue weighted by molar-refractivity contribution is 7.99. The van der Waals surface area contributed by atoms with E-state index in [4.69, 9.17) is 9.84 Å². The summed E-state index contributed by atoms with van der Waals surface area (Å²) in [4.78, 5) is 10.1. The number of benzene rings is 1. The summed E-state index contributed by atoms with van der Waals surface area (Å²) in [6, 6.07) is 5.94. The SMILES string of the molecule is O=[N+]([O-])c1ccc(CS[C@@H]2O[C@H](CO)[C@@H](O)[C@H](O)[C@H]2O)cc1. The molecule has 1 aromatic rings. The van der Waals surface area contributed by atoms with Gasteiger partial charge in [-0.3, -0.25) is 10.1 Å². The Kier molecular flexibility index (Phi) is 5.73. The second-order valence-electron chi connectivity index (χ2n) is 4.93. The molecular formula is C13H17NO7S. The van der Waals surface area contributed by atoms with Gasteiger partial charge in [-0.05, 0) is 5.56 Å². The standard InChI is InChI=1S/C13H17NO7S/c15-5-9-10(16)11(17)12(18)13(21-9)22-6-7-1-3-8(4-2-7)14(19)20/h1-4,9-13,15-18H,5-6H2/t9-,10-,11+,12-,13+/m1/s1. The third-order valence-electron chi connectivity index (χ3n) is 3.41. The summed E-state index contributed by atoms with van der Waals surface area (Å²) in [5.74, 6) is 0.390. The lowest BCUT2D eigenvalue weighted by Gasteiger charge is -2.39. The Balaban J connectivity index is 1.96. The van der Waals surface area contributed by atoms with Gasteiger partial charge in [0.15, 0.2) is 0 Å². The van der Waals surface area contributed by atoms with E-state index in [0.29, 0.717) is 5.75 Å². The minimum Gasteiger partial charge on any atom is -0.394 e. The van der Waals surface area contributed by atoms with Crippen LogP contribution in [0, 0.1) is 10.1 Å². The lowest BCUT2D eigenvalue weighted by atomic mass is 10.0. The third-order valence-corrected chi connectivity index (χ3v) is 4.63. The Morgan fingerprint density at radius 1 is 1.14 bits per heavy atom. The molecule has 0 unspecified atom stereocenters. The maximum atomic E-state index is 10.6. The number of ether oxygens (including phenoxy) is 1. The van der Waals surface area contributed by atoms with Crippen LogP contribution >= 0.6 is 11.8 Å². The summed E-state index contributed by atoms with van der Waals surface area (Å²) < 4.78 is 5.36. The fourth-order valence-corrected chi connectivity index (χ4v) is 3.23. The first-order valence-electron chi connectivity index (χ1n) is 6.59. The van der Waals surface area contributed by atoms with E-state index in [0.717, 1.165) is 5.56 Å². The summed E-state index contributed by atoms with van der Waals surface area (Å²) in [6.45, 7) is -0.473. The highest BCUT2D eigenvalue weighted by atomic mass is 32.2. The van der Waals surface area contributed by atoms with Gasteiger partial charge in [0, 0.05) is 17.9 Å². The van der Waals surface area contributed by atoms with Crippen molar-refractivity contribution in [3.63, 3.8) is 0 Å². The van der Waals surface area contributed by atoms with Crippen LogP contribution < -0.4 is 0 Å². The molecular weight excluding hydrogens is 314 g/mol. The molecule has 0 aromatic heterocycles. The van der Waals surface area contributed by atoms with Gasteiger partial charge in [-0.1, -0.05) is 12.1 Å². The van der Waals surface area contributed by atoms with Crippen molar-refractivity contribution in [2.45, 2.75) is 35.6 Å². The monoisotopic (exact) mass is 331 g/mol. The zero-order valence-corrected chi connectivity index (χ0v) is 12.3. The lowest BCUT2D eigenvalue weighted by molar-refractivity contribution is -0.384. The number of hydrogen-bond acceptors (Lipinski definition) is 8. The van der Waals surface area contributed by atoms with Gasteiger partial charge in [-0.15, -0.1) is 11.8 Å². The van der Waals surface area contributed by atoms with Crippen LogP contribution in [0.5, 0.6) is 0 Å². The third kappa shape index (κ3) is 3.75. The molecule has 1 aliphatic rings. The van der Waals surface area contributed by atoms with E-state index in [1.54, 1.807) is 12.1 Å². The Labute approximate surface area is 130 Å². The van der Waals surface area contributed by atoms with Gasteiger partial charge < -0.3 is 25.2 Å². The first-order chi connectivity index (χ1) is 10.4. The van der Waals surface area contributed by atoms with Crippen LogP contribution in [-0.4, -0.2) is 61.8 Å². The van der Waals surface area contributed by atoms with Crippen LogP contribution in [0.1, 0.15) is 5.56 Å². The quantitative estimate of drug-likeness (QED) is 0.424. The Hall–Kier alpha value is -1.23.